The van der Waals surface area contributed by atoms with Gasteiger partial charge in [0.05, 0.1) is 28.8 Å². The van der Waals surface area contributed by atoms with Gasteiger partial charge in [0.1, 0.15) is 5.75 Å². The van der Waals surface area contributed by atoms with Crippen molar-refractivity contribution in [2.75, 3.05) is 6.61 Å². The van der Waals surface area contributed by atoms with Gasteiger partial charge in [0.2, 0.25) is 0 Å². The van der Waals surface area contributed by atoms with Gasteiger partial charge in [-0.1, -0.05) is 99.1 Å². The number of aliphatic hydroxyl groups excluding tert-OH is 2. The van der Waals surface area contributed by atoms with Crippen LogP contribution in [-0.2, 0) is 4.43 Å². The van der Waals surface area contributed by atoms with E-state index in [0.29, 0.717) is 16.7 Å². The summed E-state index contributed by atoms with van der Waals surface area (Å²) in [5, 5.41) is 45.1. The van der Waals surface area contributed by atoms with Crippen molar-refractivity contribution < 1.29 is 24.7 Å². The summed E-state index contributed by atoms with van der Waals surface area (Å²) >= 11 is 6.24. The quantitative estimate of drug-likeness (QED) is 0.0654. The lowest BCUT2D eigenvalue weighted by Crippen LogP contribution is -2.66. The molecule has 0 aliphatic rings. The number of non-ortho nitro benzene ring substituents is 1. The molecule has 0 saturated carbocycles. The predicted octanol–water partition coefficient (Wildman–Crippen LogP) is 7.16. The number of benzene rings is 4. The zero-order valence-corrected chi connectivity index (χ0v) is 27.3. The number of nitro groups is 1. The number of rotatable bonds is 12. The second kappa shape index (κ2) is 14.8. The number of phenolic OH excluding ortho intramolecular Hbond substituents is 1. The van der Waals surface area contributed by atoms with Gasteiger partial charge in [-0.2, -0.15) is 0 Å². The van der Waals surface area contributed by atoms with Gasteiger partial charge >= 0.3 is 0 Å². The van der Waals surface area contributed by atoms with E-state index >= 15 is 0 Å². The smallest absolute Gasteiger partial charge is 0.269 e. The van der Waals surface area contributed by atoms with Gasteiger partial charge in [0.25, 0.3) is 14.0 Å². The lowest BCUT2D eigenvalue weighted by Gasteiger charge is -2.43. The second-order valence-corrected chi connectivity index (χ2v) is 16.6. The van der Waals surface area contributed by atoms with Crippen LogP contribution in [-0.4, -0.2) is 35.2 Å². The maximum absolute atomic E-state index is 11.2. The molecule has 45 heavy (non-hydrogen) atoms. The molecule has 0 unspecified atom stereocenters. The third-order valence-electron chi connectivity index (χ3n) is 7.80. The highest BCUT2D eigenvalue weighted by molar-refractivity contribution is 6.99. The molecule has 234 valence electrons. The average molecular weight is 644 g/mol. The Balaban J connectivity index is 1.71. The van der Waals surface area contributed by atoms with Crippen molar-refractivity contribution in [2.45, 2.75) is 50.9 Å². The molecule has 4 rings (SSSR count). The number of aromatic hydroxyl groups is 1. The highest BCUT2D eigenvalue weighted by atomic mass is 35.5. The third kappa shape index (κ3) is 8.18. The van der Waals surface area contributed by atoms with E-state index in [4.69, 9.17) is 16.0 Å². The number of halogens is 1. The van der Waals surface area contributed by atoms with Gasteiger partial charge < -0.3 is 19.7 Å². The van der Waals surface area contributed by atoms with Gasteiger partial charge in [0, 0.05) is 25.0 Å². The van der Waals surface area contributed by atoms with E-state index in [2.05, 4.69) is 50.8 Å². The number of nitro benzene ring substituents is 1. The molecule has 0 radical (unpaired) electrons. The third-order valence-corrected chi connectivity index (χ3v) is 13.1. The van der Waals surface area contributed by atoms with Gasteiger partial charge in [-0.3, -0.25) is 10.1 Å². The molecular weight excluding hydrogens is 606 g/mol. The molecule has 0 aliphatic carbocycles. The first-order valence-corrected chi connectivity index (χ1v) is 17.0. The van der Waals surface area contributed by atoms with Gasteiger partial charge in [0.15, 0.2) is 0 Å². The first kappa shape index (κ1) is 33.9. The molecule has 0 aromatic heterocycles. The molecule has 0 spiro atoms. The molecule has 2 atom stereocenters. The summed E-state index contributed by atoms with van der Waals surface area (Å²) in [6.45, 7) is 6.70. The Kier molecular flexibility index (Phi) is 11.2. The predicted molar refractivity (Wildman–Crippen MR) is 181 cm³/mol. The average Bonchev–Trinajstić information content (AvgIpc) is 3.01. The molecule has 0 amide bonds. The zero-order chi connectivity index (χ0) is 32.6. The van der Waals surface area contributed by atoms with Crippen molar-refractivity contribution in [3.63, 3.8) is 0 Å². The lowest BCUT2D eigenvalue weighted by molar-refractivity contribution is -0.384. The number of aliphatic hydroxyl groups is 2. The standard InChI is InChI=1S/C36H38ClNO6Si/c1-36(2,3)45(30-12-6-4-7-13-30,31-14-8-5-9-15-31)44-25-26(23-35(41)27-17-19-28(20-18-27)38(42)43)11-10-16-34(40)32-22-21-29(39)24-33(32)37/h4-10,12-15,17-22,24,34-35,39-41H,16,23,25H2,1-3H3/t11?,34-,35-/m1/s1. The Labute approximate surface area is 270 Å². The number of hydrogen-bond acceptors (Lipinski definition) is 6. The number of nitrogens with zero attached hydrogens (tertiary/aromatic N) is 1. The minimum Gasteiger partial charge on any atom is -0.508 e. The minimum absolute atomic E-state index is 0.00869. The van der Waals surface area contributed by atoms with E-state index in [1.54, 1.807) is 24.3 Å². The fourth-order valence-corrected chi connectivity index (χ4v) is 10.4. The van der Waals surface area contributed by atoms with Crippen molar-refractivity contribution in [3.8, 4) is 5.75 Å². The zero-order valence-electron chi connectivity index (χ0n) is 25.6. The molecule has 3 N–H and O–H groups in total. The molecule has 4 aromatic carbocycles. The van der Waals surface area contributed by atoms with Crippen LogP contribution in [0.15, 0.2) is 121 Å². The summed E-state index contributed by atoms with van der Waals surface area (Å²) in [6, 6.07) is 30.7. The second-order valence-electron chi connectivity index (χ2n) is 11.9. The van der Waals surface area contributed by atoms with Crippen LogP contribution in [0, 0.1) is 10.1 Å². The summed E-state index contributed by atoms with van der Waals surface area (Å²) in [5.74, 6) is 0.00869. The fourth-order valence-electron chi connectivity index (χ4n) is 5.51. The van der Waals surface area contributed by atoms with Crippen LogP contribution in [0.2, 0.25) is 10.1 Å². The van der Waals surface area contributed by atoms with Gasteiger partial charge in [-0.05, 0) is 62.5 Å². The SMILES string of the molecule is CC(C)(C)[Si](OCC(=C=CC[C@@H](O)c1ccc(O)cc1Cl)C[C@@H](O)c1ccc([N+](=O)[O-])cc1)(c1ccccc1)c1ccccc1. The molecule has 4 aromatic rings. The Morgan fingerprint density at radius 2 is 1.51 bits per heavy atom. The maximum Gasteiger partial charge on any atom is 0.269 e. The van der Waals surface area contributed by atoms with Gasteiger partial charge in [-0.15, -0.1) is 5.73 Å². The van der Waals surface area contributed by atoms with Crippen LogP contribution in [0.4, 0.5) is 5.69 Å². The van der Waals surface area contributed by atoms with E-state index in [9.17, 15) is 25.4 Å². The van der Waals surface area contributed by atoms with Crippen molar-refractivity contribution in [1.82, 2.24) is 0 Å². The maximum atomic E-state index is 11.2. The fraction of sp³-hybridized carbons (Fsp3) is 0.250. The number of phenols is 1. The molecule has 7 nitrogen and oxygen atoms in total. The number of hydrogen-bond donors (Lipinski definition) is 3. The first-order valence-electron chi connectivity index (χ1n) is 14.7. The lowest BCUT2D eigenvalue weighted by atomic mass is 10.0. The van der Waals surface area contributed by atoms with Crippen molar-refractivity contribution in [1.29, 1.82) is 0 Å². The Morgan fingerprint density at radius 1 is 0.933 bits per heavy atom. The largest absolute Gasteiger partial charge is 0.508 e. The molecule has 0 aliphatic heterocycles. The van der Waals surface area contributed by atoms with Crippen LogP contribution >= 0.6 is 11.6 Å². The Hall–Kier alpha value is -4.01. The van der Waals surface area contributed by atoms with E-state index in [1.807, 2.05) is 36.4 Å². The first-order chi connectivity index (χ1) is 21.4. The van der Waals surface area contributed by atoms with E-state index < -0.39 is 25.4 Å². The van der Waals surface area contributed by atoms with Crippen molar-refractivity contribution in [3.05, 3.63) is 147 Å². The summed E-state index contributed by atoms with van der Waals surface area (Å²) in [6.07, 6.45) is 0.120. The molecule has 0 heterocycles. The van der Waals surface area contributed by atoms with Crippen LogP contribution in [0.1, 0.15) is 56.9 Å². The highest BCUT2D eigenvalue weighted by Gasteiger charge is 2.50. The van der Waals surface area contributed by atoms with Crippen LogP contribution in [0.3, 0.4) is 0 Å². The molecule has 0 bridgehead atoms. The van der Waals surface area contributed by atoms with Crippen molar-refractivity contribution >= 4 is 36.0 Å². The Bertz CT molecular complexity index is 1610. The summed E-state index contributed by atoms with van der Waals surface area (Å²) in [7, 11) is -2.91. The molecule has 0 fully saturated rings. The van der Waals surface area contributed by atoms with E-state index in [-0.39, 0.29) is 40.9 Å². The topological polar surface area (TPSA) is 113 Å². The summed E-state index contributed by atoms with van der Waals surface area (Å²) < 4.78 is 7.10. The summed E-state index contributed by atoms with van der Waals surface area (Å²) in [5.41, 5.74) is 4.89. The van der Waals surface area contributed by atoms with E-state index in [0.717, 1.165) is 10.4 Å². The molecule has 9 heteroatoms. The highest BCUT2D eigenvalue weighted by Crippen LogP contribution is 2.37. The van der Waals surface area contributed by atoms with Crippen LogP contribution in [0.25, 0.3) is 0 Å². The Morgan fingerprint density at radius 3 is 2.02 bits per heavy atom. The van der Waals surface area contributed by atoms with Crippen LogP contribution < -0.4 is 10.4 Å². The molecule has 0 saturated heterocycles. The molecular formula is C36H38ClNO6Si. The van der Waals surface area contributed by atoms with E-state index in [1.165, 1.54) is 24.3 Å². The normalized spacial score (nSPS) is 13.0. The van der Waals surface area contributed by atoms with Crippen LogP contribution in [0.5, 0.6) is 5.75 Å². The minimum atomic E-state index is -2.91. The summed E-state index contributed by atoms with van der Waals surface area (Å²) in [4.78, 5) is 10.7. The van der Waals surface area contributed by atoms with Crippen molar-refractivity contribution in [2.24, 2.45) is 0 Å². The monoisotopic (exact) mass is 643 g/mol. The van der Waals surface area contributed by atoms with Gasteiger partial charge in [-0.25, -0.2) is 0 Å².